The molecule has 0 radical (unpaired) electrons. The summed E-state index contributed by atoms with van der Waals surface area (Å²) in [5, 5.41) is 82.4. The summed E-state index contributed by atoms with van der Waals surface area (Å²) in [6.07, 6.45) is -12.2. The van der Waals surface area contributed by atoms with Crippen LogP contribution in [0.25, 0.3) is 6.08 Å². The monoisotopic (exact) mass is 684 g/mol. The minimum Gasteiger partial charge on any atom is -0.504 e. The van der Waals surface area contributed by atoms with Crippen molar-refractivity contribution in [1.29, 1.82) is 0 Å². The summed E-state index contributed by atoms with van der Waals surface area (Å²) in [5.41, 5.74) is -0.807. The number of benzene rings is 1. The van der Waals surface area contributed by atoms with Gasteiger partial charge in [-0.3, -0.25) is 0 Å². The van der Waals surface area contributed by atoms with Crippen LogP contribution in [0.4, 0.5) is 0 Å². The van der Waals surface area contributed by atoms with Crippen LogP contribution >= 0.6 is 0 Å². The Morgan fingerprint density at radius 1 is 0.938 bits per heavy atom. The van der Waals surface area contributed by atoms with Crippen LogP contribution in [-0.4, -0.2) is 153 Å². The molecule has 17 nitrogen and oxygen atoms in total. The van der Waals surface area contributed by atoms with Gasteiger partial charge in [0.15, 0.2) is 30.2 Å². The second-order valence-corrected chi connectivity index (χ2v) is 12.4. The van der Waals surface area contributed by atoms with Crippen LogP contribution in [0.15, 0.2) is 36.6 Å². The molecule has 1 saturated carbocycles. The number of carbonyl (C=O) groups excluding carboxylic acids is 1. The van der Waals surface area contributed by atoms with Crippen LogP contribution in [0.2, 0.25) is 0 Å². The van der Waals surface area contributed by atoms with Gasteiger partial charge in [-0.15, -0.1) is 0 Å². The van der Waals surface area contributed by atoms with E-state index in [4.69, 9.17) is 37.9 Å². The second-order valence-electron chi connectivity index (χ2n) is 12.4. The van der Waals surface area contributed by atoms with E-state index >= 15 is 0 Å². The Bertz CT molecular complexity index is 1370. The largest absolute Gasteiger partial charge is 0.504 e. The summed E-state index contributed by atoms with van der Waals surface area (Å²) in [4.78, 5) is 12.9. The number of aliphatic hydroxyl groups excluding tert-OH is 7. The fraction of sp³-hybridized carbons (Fsp3) is 0.645. The number of carbonyl (C=O) groups is 1. The van der Waals surface area contributed by atoms with Crippen LogP contribution in [0, 0.1) is 11.8 Å². The van der Waals surface area contributed by atoms with Crippen LogP contribution in [0.1, 0.15) is 12.5 Å². The first-order chi connectivity index (χ1) is 22.9. The third-order valence-electron chi connectivity index (χ3n) is 9.54. The topological polar surface area (TPSA) is 256 Å². The van der Waals surface area contributed by atoms with E-state index in [2.05, 4.69) is 0 Å². The molecule has 3 saturated heterocycles. The highest BCUT2D eigenvalue weighted by molar-refractivity contribution is 5.87. The summed E-state index contributed by atoms with van der Waals surface area (Å²) in [6, 6.07) is 4.47. The molecule has 0 spiro atoms. The minimum absolute atomic E-state index is 0.145. The van der Waals surface area contributed by atoms with Crippen molar-refractivity contribution in [2.45, 2.75) is 92.4 Å². The van der Waals surface area contributed by atoms with Crippen molar-refractivity contribution >= 4 is 12.0 Å². The first-order valence-corrected chi connectivity index (χ1v) is 15.4. The summed E-state index contributed by atoms with van der Waals surface area (Å²) < 4.78 is 45.7. The lowest BCUT2D eigenvalue weighted by Crippen LogP contribution is -2.61. The number of rotatable bonds is 10. The number of phenols is 1. The molecule has 17 heteroatoms. The molecule has 48 heavy (non-hydrogen) atoms. The van der Waals surface area contributed by atoms with Gasteiger partial charge in [0, 0.05) is 12.0 Å². The summed E-state index contributed by atoms with van der Waals surface area (Å²) >= 11 is 0. The molecule has 6 rings (SSSR count). The van der Waals surface area contributed by atoms with Crippen LogP contribution in [0.5, 0.6) is 11.5 Å². The normalized spacial score (nSPS) is 44.9. The maximum Gasteiger partial charge on any atom is 0.331 e. The fourth-order valence-electron chi connectivity index (χ4n) is 6.85. The Hall–Kier alpha value is -2.91. The number of epoxide rings is 1. The maximum atomic E-state index is 12.9. The van der Waals surface area contributed by atoms with Gasteiger partial charge in [0.2, 0.25) is 6.29 Å². The van der Waals surface area contributed by atoms with Gasteiger partial charge in [0.25, 0.3) is 0 Å². The van der Waals surface area contributed by atoms with Crippen molar-refractivity contribution in [1.82, 2.24) is 0 Å². The standard InChI is InChI=1S/C31H40O17/c1-12-20(36)23(39)26(45-18(35)6-4-13-3-5-16(41-2)15(34)9-13)30(43-12)46-25-14-7-8-42-28(19(14)31(11-33)27(25)48-31)47-29-24(40)22(38)21(37)17(10-32)44-29/h3-9,12,14,17,19-30,32-34,36-40H,10-11H2,1-2H3/b6-4+/t12-,14+,17+,19+,20-,21+,22-,23+,24+,25-,26+,27-,28-,29-,30-,31+/m0/s1. The first-order valence-electron chi connectivity index (χ1n) is 15.4. The lowest BCUT2D eigenvalue weighted by atomic mass is 9.85. The summed E-state index contributed by atoms with van der Waals surface area (Å²) in [7, 11) is 1.40. The highest BCUT2D eigenvalue weighted by atomic mass is 16.8. The number of hydrogen-bond donors (Lipinski definition) is 8. The molecule has 1 aromatic rings. The van der Waals surface area contributed by atoms with E-state index in [0.29, 0.717) is 5.56 Å². The summed E-state index contributed by atoms with van der Waals surface area (Å²) in [6.45, 7) is 0.328. The minimum atomic E-state index is -1.71. The van der Waals surface area contributed by atoms with Gasteiger partial charge >= 0.3 is 5.97 Å². The zero-order valence-corrected chi connectivity index (χ0v) is 25.9. The lowest BCUT2D eigenvalue weighted by molar-refractivity contribution is -0.347. The number of ether oxygens (including phenoxy) is 8. The molecule has 4 aliphatic heterocycles. The van der Waals surface area contributed by atoms with Crippen molar-refractivity contribution in [2.75, 3.05) is 20.3 Å². The molecule has 4 heterocycles. The van der Waals surface area contributed by atoms with Crippen LogP contribution in [-0.2, 0) is 38.0 Å². The van der Waals surface area contributed by atoms with Crippen molar-refractivity contribution in [2.24, 2.45) is 11.8 Å². The SMILES string of the molecule is COc1ccc(/C=C/C(=O)O[C@H]2[C@H](O[C@H]3[C@@H]4C=CO[C@@H](O[C@@H]5O[C@H](CO)[C@@H](O)[C@H](O)[C@H]5O)[C@@H]4[C@@]4(CO)O[C@@H]34)O[C@@H](C)[C@H](O)[C@H]2O)cc1O. The highest BCUT2D eigenvalue weighted by Crippen LogP contribution is 2.61. The highest BCUT2D eigenvalue weighted by Gasteiger charge is 2.77. The van der Waals surface area contributed by atoms with Crippen molar-refractivity contribution in [3.63, 3.8) is 0 Å². The first kappa shape index (κ1) is 34.9. The van der Waals surface area contributed by atoms with Gasteiger partial charge < -0.3 is 78.7 Å². The molecule has 16 atom stereocenters. The second kappa shape index (κ2) is 13.8. The van der Waals surface area contributed by atoms with E-state index in [1.54, 1.807) is 12.1 Å². The van der Waals surface area contributed by atoms with E-state index in [1.807, 2.05) is 0 Å². The fourth-order valence-corrected chi connectivity index (χ4v) is 6.85. The molecule has 0 aromatic heterocycles. The number of methoxy groups -OCH3 is 1. The van der Waals surface area contributed by atoms with Crippen molar-refractivity contribution < 1.29 is 83.5 Å². The predicted molar refractivity (Wildman–Crippen MR) is 155 cm³/mol. The number of fused-ring (bicyclic) bond motifs is 3. The number of esters is 1. The summed E-state index contributed by atoms with van der Waals surface area (Å²) in [5.74, 6) is -2.19. The zero-order chi connectivity index (χ0) is 34.5. The van der Waals surface area contributed by atoms with Crippen LogP contribution < -0.4 is 4.74 Å². The van der Waals surface area contributed by atoms with E-state index in [9.17, 15) is 45.6 Å². The third kappa shape index (κ3) is 6.19. The van der Waals surface area contributed by atoms with Gasteiger partial charge in [0.05, 0.1) is 44.7 Å². The Labute approximate surface area is 274 Å². The lowest BCUT2D eigenvalue weighted by Gasteiger charge is -2.44. The van der Waals surface area contributed by atoms with Crippen molar-refractivity contribution in [3.8, 4) is 11.5 Å². The van der Waals surface area contributed by atoms with Crippen LogP contribution in [0.3, 0.4) is 0 Å². The van der Waals surface area contributed by atoms with Gasteiger partial charge in [-0.25, -0.2) is 4.79 Å². The quantitative estimate of drug-likeness (QED) is 0.0705. The van der Waals surface area contributed by atoms with Gasteiger partial charge in [-0.05, 0) is 36.8 Å². The molecule has 1 aliphatic carbocycles. The predicted octanol–water partition coefficient (Wildman–Crippen LogP) is -2.76. The Balaban J connectivity index is 1.18. The van der Waals surface area contributed by atoms with E-state index < -0.39 is 117 Å². The molecule has 1 aromatic carbocycles. The molecule has 4 fully saturated rings. The smallest absolute Gasteiger partial charge is 0.331 e. The number of aromatic hydroxyl groups is 1. The Morgan fingerprint density at radius 3 is 2.40 bits per heavy atom. The molecule has 5 aliphatic rings. The van der Waals surface area contributed by atoms with Gasteiger partial charge in [-0.1, -0.05) is 6.07 Å². The Kier molecular flexibility index (Phi) is 10.0. The molecule has 0 bridgehead atoms. The van der Waals surface area contributed by atoms with E-state index in [-0.39, 0.29) is 11.5 Å². The van der Waals surface area contributed by atoms with Crippen molar-refractivity contribution in [3.05, 3.63) is 42.2 Å². The number of aliphatic hydroxyl groups is 7. The number of hydrogen-bond acceptors (Lipinski definition) is 17. The number of phenolic OH excluding ortho intramolecular Hbond substituents is 1. The van der Waals surface area contributed by atoms with Gasteiger partial charge in [-0.2, -0.15) is 0 Å². The van der Waals surface area contributed by atoms with E-state index in [1.165, 1.54) is 38.5 Å². The maximum absolute atomic E-state index is 12.9. The molecule has 0 unspecified atom stereocenters. The Morgan fingerprint density at radius 2 is 1.71 bits per heavy atom. The molecular weight excluding hydrogens is 644 g/mol. The van der Waals surface area contributed by atoms with E-state index in [0.717, 1.165) is 6.08 Å². The molecular formula is C31H40O17. The van der Waals surface area contributed by atoms with Gasteiger partial charge in [0.1, 0.15) is 48.3 Å². The average Bonchev–Trinajstić information content (AvgIpc) is 3.75. The molecule has 8 N–H and O–H groups in total. The molecule has 266 valence electrons. The molecule has 0 amide bonds. The average molecular weight is 685 g/mol. The zero-order valence-electron chi connectivity index (χ0n) is 25.9. The third-order valence-corrected chi connectivity index (χ3v) is 9.54.